The molecule has 2 heterocycles. The molecule has 130 valence electrons. The molecule has 3 rings (SSSR count). The number of rotatable bonds is 7. The first-order chi connectivity index (χ1) is 12.1. The minimum Gasteiger partial charge on any atom is -0.493 e. The van der Waals surface area contributed by atoms with Crippen LogP contribution >= 0.6 is 39.0 Å². The fourth-order valence-electron chi connectivity index (χ4n) is 2.04. The summed E-state index contributed by atoms with van der Waals surface area (Å²) in [6.45, 7) is 0. The normalized spacial score (nSPS) is 10.7. The Morgan fingerprint density at radius 3 is 2.72 bits per heavy atom. The van der Waals surface area contributed by atoms with Crippen LogP contribution in [0, 0.1) is 0 Å². The van der Waals surface area contributed by atoms with Gasteiger partial charge in [0.25, 0.3) is 5.22 Å². The van der Waals surface area contributed by atoms with Gasteiger partial charge < -0.3 is 13.9 Å². The lowest BCUT2D eigenvalue weighted by molar-refractivity contribution is 0.102. The van der Waals surface area contributed by atoms with Crippen LogP contribution in [0.2, 0.25) is 0 Å². The van der Waals surface area contributed by atoms with Gasteiger partial charge in [0, 0.05) is 10.0 Å². The van der Waals surface area contributed by atoms with Crippen molar-refractivity contribution < 1.29 is 18.7 Å². The molecule has 0 saturated carbocycles. The summed E-state index contributed by atoms with van der Waals surface area (Å²) in [5, 5.41) is 10.2. The predicted octanol–water partition coefficient (Wildman–Crippen LogP) is 4.55. The molecule has 0 fully saturated rings. The SMILES string of the molecule is COc1ccc(-c2nnc(SCC(=O)c3sccc3Br)o2)cc1OC. The van der Waals surface area contributed by atoms with Crippen molar-refractivity contribution >= 4 is 44.8 Å². The largest absolute Gasteiger partial charge is 0.493 e. The number of benzene rings is 1. The zero-order valence-electron chi connectivity index (χ0n) is 13.3. The molecular weight excluding hydrogens is 428 g/mol. The third-order valence-corrected chi connectivity index (χ3v) is 5.93. The van der Waals surface area contributed by atoms with Crippen molar-refractivity contribution in [1.29, 1.82) is 0 Å². The number of ketones is 1. The van der Waals surface area contributed by atoms with E-state index in [2.05, 4.69) is 26.1 Å². The molecule has 0 amide bonds. The highest BCUT2D eigenvalue weighted by molar-refractivity contribution is 9.10. The lowest BCUT2D eigenvalue weighted by Gasteiger charge is -2.07. The summed E-state index contributed by atoms with van der Waals surface area (Å²) in [7, 11) is 3.13. The number of carbonyl (C=O) groups excluding carboxylic acids is 1. The minimum absolute atomic E-state index is 0.0118. The summed E-state index contributed by atoms with van der Waals surface area (Å²) in [5.41, 5.74) is 0.712. The first-order valence-corrected chi connectivity index (χ1v) is 9.73. The molecule has 9 heteroatoms. The average Bonchev–Trinajstić information content (AvgIpc) is 3.28. The number of halogens is 1. The number of thiophene rings is 1. The van der Waals surface area contributed by atoms with E-state index >= 15 is 0 Å². The maximum Gasteiger partial charge on any atom is 0.277 e. The first-order valence-electron chi connectivity index (χ1n) is 7.07. The van der Waals surface area contributed by atoms with Gasteiger partial charge in [-0.25, -0.2) is 0 Å². The van der Waals surface area contributed by atoms with Gasteiger partial charge in [0.15, 0.2) is 17.3 Å². The molecule has 1 aromatic carbocycles. The van der Waals surface area contributed by atoms with E-state index < -0.39 is 0 Å². The van der Waals surface area contributed by atoms with Crippen LogP contribution in [0.25, 0.3) is 11.5 Å². The second kappa shape index (κ2) is 8.03. The van der Waals surface area contributed by atoms with E-state index in [0.717, 1.165) is 4.47 Å². The Bertz CT molecular complexity index is 894. The Kier molecular flexibility index (Phi) is 5.77. The Balaban J connectivity index is 1.70. The molecule has 0 atom stereocenters. The van der Waals surface area contributed by atoms with E-state index in [1.165, 1.54) is 23.1 Å². The molecule has 6 nitrogen and oxygen atoms in total. The van der Waals surface area contributed by atoms with E-state index in [9.17, 15) is 4.79 Å². The number of aromatic nitrogens is 2. The third-order valence-electron chi connectivity index (χ3n) is 3.23. The van der Waals surface area contributed by atoms with E-state index in [1.54, 1.807) is 32.4 Å². The predicted molar refractivity (Wildman–Crippen MR) is 99.9 cm³/mol. The van der Waals surface area contributed by atoms with E-state index in [-0.39, 0.29) is 11.5 Å². The standard InChI is InChI=1S/C16H13BrN2O4S2/c1-21-12-4-3-9(7-13(12)22-2)15-18-19-16(23-15)25-8-11(20)14-10(17)5-6-24-14/h3-7H,8H2,1-2H3. The average molecular weight is 441 g/mol. The number of hydrogen-bond donors (Lipinski definition) is 0. The first kappa shape index (κ1) is 18.0. The van der Waals surface area contributed by atoms with Crippen molar-refractivity contribution in [2.24, 2.45) is 0 Å². The topological polar surface area (TPSA) is 74.5 Å². The smallest absolute Gasteiger partial charge is 0.277 e. The molecular formula is C16H13BrN2O4S2. The molecule has 0 N–H and O–H groups in total. The van der Waals surface area contributed by atoms with Gasteiger partial charge in [0.2, 0.25) is 5.89 Å². The summed E-state index contributed by atoms with van der Waals surface area (Å²) in [6, 6.07) is 7.18. The highest BCUT2D eigenvalue weighted by Crippen LogP contribution is 2.33. The van der Waals surface area contributed by atoms with E-state index in [0.29, 0.717) is 33.1 Å². The molecule has 0 unspecified atom stereocenters. The maximum atomic E-state index is 12.2. The molecule has 2 aromatic heterocycles. The van der Waals surface area contributed by atoms with E-state index in [1.807, 2.05) is 11.4 Å². The van der Waals surface area contributed by atoms with Gasteiger partial charge >= 0.3 is 0 Å². The van der Waals surface area contributed by atoms with Crippen LogP contribution in [0.15, 0.2) is 43.8 Å². The molecule has 0 bridgehead atoms. The van der Waals surface area contributed by atoms with Crippen molar-refractivity contribution in [3.05, 3.63) is 39.0 Å². The number of ether oxygens (including phenoxy) is 2. The lowest BCUT2D eigenvalue weighted by atomic mass is 10.2. The van der Waals surface area contributed by atoms with E-state index in [4.69, 9.17) is 13.9 Å². The van der Waals surface area contributed by atoms with Crippen LogP contribution in [0.3, 0.4) is 0 Å². The van der Waals surface area contributed by atoms with Gasteiger partial charge in [-0.05, 0) is 45.6 Å². The Morgan fingerprint density at radius 1 is 1.24 bits per heavy atom. The fraction of sp³-hybridized carbons (Fsp3) is 0.188. The molecule has 0 aliphatic rings. The molecule has 0 spiro atoms. The number of Topliss-reactive ketones (excluding diaryl/α,β-unsaturated/α-hetero) is 1. The molecule has 25 heavy (non-hydrogen) atoms. The lowest BCUT2D eigenvalue weighted by Crippen LogP contribution is -2.00. The molecule has 3 aromatic rings. The minimum atomic E-state index is 0.0118. The number of nitrogens with zero attached hydrogens (tertiary/aromatic N) is 2. The van der Waals surface area contributed by atoms with Crippen molar-refractivity contribution in [3.8, 4) is 23.0 Å². The molecule has 0 radical (unpaired) electrons. The zero-order valence-corrected chi connectivity index (χ0v) is 16.5. The van der Waals surface area contributed by atoms with Gasteiger partial charge in [-0.2, -0.15) is 0 Å². The summed E-state index contributed by atoms with van der Waals surface area (Å²) in [5.74, 6) is 1.79. The quantitative estimate of drug-likeness (QED) is 0.393. The van der Waals surface area contributed by atoms with Crippen LogP contribution in [0.1, 0.15) is 9.67 Å². The number of methoxy groups -OCH3 is 2. The second-order valence-electron chi connectivity index (χ2n) is 4.75. The molecule has 0 aliphatic heterocycles. The monoisotopic (exact) mass is 440 g/mol. The van der Waals surface area contributed by atoms with Crippen LogP contribution < -0.4 is 9.47 Å². The zero-order chi connectivity index (χ0) is 17.8. The van der Waals surface area contributed by atoms with Crippen molar-refractivity contribution in [2.75, 3.05) is 20.0 Å². The van der Waals surface area contributed by atoms with Crippen molar-refractivity contribution in [1.82, 2.24) is 10.2 Å². The van der Waals surface area contributed by atoms with Gasteiger partial charge in [-0.1, -0.05) is 11.8 Å². The summed E-state index contributed by atoms with van der Waals surface area (Å²) in [6.07, 6.45) is 0. The van der Waals surface area contributed by atoms with Gasteiger partial charge in [0.1, 0.15) is 0 Å². The Morgan fingerprint density at radius 2 is 2.04 bits per heavy atom. The highest BCUT2D eigenvalue weighted by atomic mass is 79.9. The molecule has 0 aliphatic carbocycles. The van der Waals surface area contributed by atoms with Crippen molar-refractivity contribution in [3.63, 3.8) is 0 Å². The Hall–Kier alpha value is -1.84. The van der Waals surface area contributed by atoms with Crippen molar-refractivity contribution in [2.45, 2.75) is 5.22 Å². The van der Waals surface area contributed by atoms with Crippen LogP contribution in [-0.2, 0) is 0 Å². The van der Waals surface area contributed by atoms with Crippen LogP contribution in [0.5, 0.6) is 11.5 Å². The second-order valence-corrected chi connectivity index (χ2v) is 7.45. The van der Waals surface area contributed by atoms with Crippen LogP contribution in [0.4, 0.5) is 0 Å². The summed E-state index contributed by atoms with van der Waals surface area (Å²) >= 11 is 5.97. The van der Waals surface area contributed by atoms with Crippen LogP contribution in [-0.4, -0.2) is 36.0 Å². The third kappa shape index (κ3) is 4.05. The number of hydrogen-bond acceptors (Lipinski definition) is 8. The number of thioether (sulfide) groups is 1. The fourth-order valence-corrected chi connectivity index (χ4v) is 4.30. The van der Waals surface area contributed by atoms with Gasteiger partial charge in [-0.3, -0.25) is 4.79 Å². The number of carbonyl (C=O) groups is 1. The maximum absolute atomic E-state index is 12.2. The summed E-state index contributed by atoms with van der Waals surface area (Å²) < 4.78 is 16.9. The molecule has 0 saturated heterocycles. The Labute approximate surface area is 160 Å². The highest BCUT2D eigenvalue weighted by Gasteiger charge is 2.16. The van der Waals surface area contributed by atoms with Gasteiger partial charge in [0.05, 0.1) is 24.8 Å². The summed E-state index contributed by atoms with van der Waals surface area (Å²) in [4.78, 5) is 12.9. The van der Waals surface area contributed by atoms with Gasteiger partial charge in [-0.15, -0.1) is 21.5 Å².